The Hall–Kier alpha value is -2.35. The fraction of sp³-hybridized carbons (Fsp3) is 0.524. The summed E-state index contributed by atoms with van der Waals surface area (Å²) < 4.78 is 2.21. The monoisotopic (exact) mass is 413 g/mol. The summed E-state index contributed by atoms with van der Waals surface area (Å²) >= 11 is 1.44. The van der Waals surface area contributed by atoms with Gasteiger partial charge in [-0.2, -0.15) is 0 Å². The van der Waals surface area contributed by atoms with Gasteiger partial charge in [0.2, 0.25) is 11.8 Å². The number of benzene rings is 1. The van der Waals surface area contributed by atoms with Crippen molar-refractivity contribution in [2.24, 2.45) is 0 Å². The summed E-state index contributed by atoms with van der Waals surface area (Å²) in [5.41, 5.74) is 1.43. The summed E-state index contributed by atoms with van der Waals surface area (Å²) in [6.07, 6.45) is 6.32. The van der Waals surface area contributed by atoms with E-state index in [9.17, 15) is 9.59 Å². The van der Waals surface area contributed by atoms with Crippen LogP contribution >= 0.6 is 11.8 Å². The molecule has 1 atom stereocenters. The summed E-state index contributed by atoms with van der Waals surface area (Å²) in [6, 6.07) is 7.69. The lowest BCUT2D eigenvalue weighted by Gasteiger charge is -2.28. The molecule has 1 aliphatic heterocycles. The highest BCUT2D eigenvalue weighted by Crippen LogP contribution is 2.34. The Kier molecular flexibility index (Phi) is 5.89. The second kappa shape index (κ2) is 8.57. The molecule has 1 aliphatic carbocycles. The van der Waals surface area contributed by atoms with Gasteiger partial charge in [-0.1, -0.05) is 43.2 Å². The number of fused-ring (bicyclic) bond motifs is 1. The molecule has 1 saturated carbocycles. The van der Waals surface area contributed by atoms with E-state index in [1.54, 1.807) is 4.90 Å². The Labute approximate surface area is 175 Å². The number of aromatic nitrogens is 3. The highest BCUT2D eigenvalue weighted by Gasteiger charge is 2.30. The number of rotatable bonds is 4. The Balaban J connectivity index is 1.52. The van der Waals surface area contributed by atoms with E-state index in [2.05, 4.69) is 20.1 Å². The number of nitrogens with one attached hydrogen (secondary N) is 1. The lowest BCUT2D eigenvalue weighted by atomic mass is 9.95. The number of thioether (sulfide) groups is 1. The first-order valence-electron chi connectivity index (χ1n) is 10.3. The second-order valence-corrected chi connectivity index (χ2v) is 8.81. The number of hydrogen-bond acceptors (Lipinski definition) is 5. The maximum atomic E-state index is 13.2. The van der Waals surface area contributed by atoms with Crippen LogP contribution in [0.15, 0.2) is 29.4 Å². The van der Waals surface area contributed by atoms with Crippen molar-refractivity contribution in [2.45, 2.75) is 69.6 Å². The van der Waals surface area contributed by atoms with Crippen LogP contribution in [0.25, 0.3) is 0 Å². The topological polar surface area (TPSA) is 80.1 Å². The second-order valence-electron chi connectivity index (χ2n) is 7.86. The zero-order chi connectivity index (χ0) is 20.4. The van der Waals surface area contributed by atoms with Crippen molar-refractivity contribution in [2.75, 3.05) is 16.0 Å². The van der Waals surface area contributed by atoms with Gasteiger partial charge in [-0.15, -0.1) is 10.2 Å². The van der Waals surface area contributed by atoms with Crippen LogP contribution in [0.4, 0.5) is 11.4 Å². The van der Waals surface area contributed by atoms with Crippen molar-refractivity contribution in [1.29, 1.82) is 0 Å². The molecule has 1 aromatic heterocycles. The van der Waals surface area contributed by atoms with E-state index in [0.29, 0.717) is 11.7 Å². The van der Waals surface area contributed by atoms with Gasteiger partial charge in [-0.05, 0) is 38.8 Å². The number of amides is 2. The minimum Gasteiger partial charge on any atom is -0.324 e. The van der Waals surface area contributed by atoms with Crippen LogP contribution in [0, 0.1) is 6.92 Å². The zero-order valence-corrected chi connectivity index (χ0v) is 17.7. The van der Waals surface area contributed by atoms with Crippen molar-refractivity contribution in [1.82, 2.24) is 14.8 Å². The van der Waals surface area contributed by atoms with Crippen LogP contribution in [0.2, 0.25) is 0 Å². The van der Waals surface area contributed by atoms with Gasteiger partial charge >= 0.3 is 0 Å². The normalized spacial score (nSPS) is 20.1. The predicted molar refractivity (Wildman–Crippen MR) is 114 cm³/mol. The number of para-hydroxylation sites is 2. The van der Waals surface area contributed by atoms with Crippen LogP contribution in [0.3, 0.4) is 0 Å². The summed E-state index contributed by atoms with van der Waals surface area (Å²) in [6.45, 7) is 3.90. The number of anilines is 2. The fourth-order valence-electron chi connectivity index (χ4n) is 4.37. The molecule has 4 rings (SSSR count). The molecule has 0 saturated heterocycles. The molecule has 2 aliphatic rings. The summed E-state index contributed by atoms with van der Waals surface area (Å²) in [7, 11) is 0. The van der Waals surface area contributed by atoms with E-state index in [1.807, 2.05) is 38.1 Å². The van der Waals surface area contributed by atoms with Gasteiger partial charge in [0.25, 0.3) is 0 Å². The van der Waals surface area contributed by atoms with E-state index in [4.69, 9.17) is 0 Å². The Morgan fingerprint density at radius 3 is 2.76 bits per heavy atom. The Morgan fingerprint density at radius 1 is 1.21 bits per heavy atom. The van der Waals surface area contributed by atoms with Gasteiger partial charge < -0.3 is 14.8 Å². The average molecular weight is 414 g/mol. The van der Waals surface area contributed by atoms with Gasteiger partial charge in [0.05, 0.1) is 17.1 Å². The molecule has 1 fully saturated rings. The first-order chi connectivity index (χ1) is 14.0. The quantitative estimate of drug-likeness (QED) is 0.768. The Bertz CT molecular complexity index is 906. The number of nitrogens with zero attached hydrogens (tertiary/aromatic N) is 4. The molecule has 1 N–H and O–H groups in total. The SMILES string of the molecule is Cc1nnc(SCC(=O)N2c3ccccc3NC(=O)CC2C)n1C1CCCCC1. The van der Waals surface area contributed by atoms with Crippen molar-refractivity contribution in [3.63, 3.8) is 0 Å². The van der Waals surface area contributed by atoms with Crippen LogP contribution in [-0.4, -0.2) is 38.4 Å². The molecule has 29 heavy (non-hydrogen) atoms. The van der Waals surface area contributed by atoms with Gasteiger partial charge in [-0.3, -0.25) is 9.59 Å². The van der Waals surface area contributed by atoms with Crippen molar-refractivity contribution >= 4 is 35.0 Å². The highest BCUT2D eigenvalue weighted by atomic mass is 32.2. The molecule has 1 unspecified atom stereocenters. The number of carbonyl (C=O) groups excluding carboxylic acids is 2. The van der Waals surface area contributed by atoms with Crippen LogP contribution in [0.1, 0.15) is 57.3 Å². The summed E-state index contributed by atoms with van der Waals surface area (Å²) in [4.78, 5) is 27.1. The van der Waals surface area contributed by atoms with Crippen LogP contribution in [-0.2, 0) is 9.59 Å². The summed E-state index contributed by atoms with van der Waals surface area (Å²) in [5, 5.41) is 12.3. The molecule has 8 heteroatoms. The van der Waals surface area contributed by atoms with E-state index < -0.39 is 0 Å². The first-order valence-corrected chi connectivity index (χ1v) is 11.3. The highest BCUT2D eigenvalue weighted by molar-refractivity contribution is 7.99. The molecular weight excluding hydrogens is 386 g/mol. The average Bonchev–Trinajstić information content (AvgIpc) is 3.02. The smallest absolute Gasteiger partial charge is 0.237 e. The molecule has 2 amide bonds. The number of carbonyl (C=O) groups is 2. The predicted octanol–water partition coefficient (Wildman–Crippen LogP) is 3.95. The third-order valence-electron chi connectivity index (χ3n) is 5.73. The third-order valence-corrected chi connectivity index (χ3v) is 6.66. The van der Waals surface area contributed by atoms with E-state index in [-0.39, 0.29) is 30.0 Å². The van der Waals surface area contributed by atoms with Gasteiger partial charge in [0.1, 0.15) is 5.82 Å². The zero-order valence-electron chi connectivity index (χ0n) is 16.9. The van der Waals surface area contributed by atoms with E-state index in [1.165, 1.54) is 31.0 Å². The fourth-order valence-corrected chi connectivity index (χ4v) is 5.28. The molecule has 0 spiro atoms. The van der Waals surface area contributed by atoms with E-state index in [0.717, 1.165) is 29.5 Å². The van der Waals surface area contributed by atoms with Crippen molar-refractivity contribution < 1.29 is 9.59 Å². The lowest BCUT2D eigenvalue weighted by molar-refractivity contribution is -0.117. The minimum atomic E-state index is -0.204. The molecule has 2 aromatic rings. The molecule has 7 nitrogen and oxygen atoms in total. The molecule has 1 aromatic carbocycles. The summed E-state index contributed by atoms with van der Waals surface area (Å²) in [5.74, 6) is 1.08. The number of hydrogen-bond donors (Lipinski definition) is 1. The van der Waals surface area contributed by atoms with Crippen LogP contribution in [0.5, 0.6) is 0 Å². The third kappa shape index (κ3) is 4.17. The maximum absolute atomic E-state index is 13.2. The van der Waals surface area contributed by atoms with Gasteiger partial charge in [-0.25, -0.2) is 0 Å². The molecule has 2 heterocycles. The standard InChI is InChI=1S/C21H27N5O2S/c1-14-12-19(27)22-17-10-6-7-11-18(17)25(14)20(28)13-29-21-24-23-15(2)26(21)16-8-4-3-5-9-16/h6-7,10-11,14,16H,3-5,8-9,12-13H2,1-2H3,(H,22,27). The maximum Gasteiger partial charge on any atom is 0.237 e. The van der Waals surface area contributed by atoms with Crippen LogP contribution < -0.4 is 10.2 Å². The first kappa shape index (κ1) is 19.9. The molecule has 0 bridgehead atoms. The molecular formula is C21H27N5O2S. The molecule has 0 radical (unpaired) electrons. The number of aryl methyl sites for hydroxylation is 1. The van der Waals surface area contributed by atoms with Gasteiger partial charge in [0, 0.05) is 18.5 Å². The van der Waals surface area contributed by atoms with Crippen molar-refractivity contribution in [3.05, 3.63) is 30.1 Å². The van der Waals surface area contributed by atoms with Gasteiger partial charge in [0.15, 0.2) is 5.16 Å². The van der Waals surface area contributed by atoms with E-state index >= 15 is 0 Å². The van der Waals surface area contributed by atoms with Crippen molar-refractivity contribution in [3.8, 4) is 0 Å². The lowest BCUT2D eigenvalue weighted by Crippen LogP contribution is -2.40. The Morgan fingerprint density at radius 2 is 1.97 bits per heavy atom. The minimum absolute atomic E-state index is 0.0257. The largest absolute Gasteiger partial charge is 0.324 e. The molecule has 154 valence electrons.